The second kappa shape index (κ2) is 5.58. The normalized spacial score (nSPS) is 22.4. The molecule has 1 unspecified atom stereocenters. The number of nitrogen functional groups attached to an aromatic ring is 1. The number of hydrogen-bond donors (Lipinski definition) is 2. The van der Waals surface area contributed by atoms with Gasteiger partial charge in [-0.2, -0.15) is 0 Å². The zero-order valence-electron chi connectivity index (χ0n) is 13.1. The van der Waals surface area contributed by atoms with Crippen molar-refractivity contribution in [2.24, 2.45) is 0 Å². The van der Waals surface area contributed by atoms with Gasteiger partial charge >= 0.3 is 0 Å². The summed E-state index contributed by atoms with van der Waals surface area (Å²) in [6.45, 7) is 0.626. The fourth-order valence-electron chi connectivity index (χ4n) is 3.68. The van der Waals surface area contributed by atoms with Gasteiger partial charge in [0, 0.05) is 24.2 Å². The average molecular weight is 332 g/mol. The fraction of sp³-hybridized carbons (Fsp3) is 0.412. The maximum atomic E-state index is 13.6. The molecule has 7 heteroatoms. The summed E-state index contributed by atoms with van der Waals surface area (Å²) in [5.74, 6) is -0.872. The molecule has 0 spiro atoms. The largest absolute Gasteiger partial charge is 0.385 e. The Labute approximate surface area is 137 Å². The van der Waals surface area contributed by atoms with E-state index in [1.54, 1.807) is 6.07 Å². The van der Waals surface area contributed by atoms with Gasteiger partial charge in [-0.05, 0) is 43.0 Å². The number of aromatic nitrogens is 2. The van der Waals surface area contributed by atoms with Crippen molar-refractivity contribution in [3.63, 3.8) is 0 Å². The summed E-state index contributed by atoms with van der Waals surface area (Å²) in [5.41, 5.74) is 8.61. The topological polar surface area (TPSA) is 72.9 Å². The van der Waals surface area contributed by atoms with Gasteiger partial charge in [-0.3, -0.25) is 4.79 Å². The summed E-state index contributed by atoms with van der Waals surface area (Å²) in [7, 11) is 0. The molecule has 126 valence electrons. The van der Waals surface area contributed by atoms with Crippen LogP contribution in [0, 0.1) is 5.82 Å². The number of halogens is 2. The molecule has 2 aromatic rings. The van der Waals surface area contributed by atoms with Gasteiger partial charge in [-0.15, -0.1) is 5.10 Å². The molecule has 0 saturated carbocycles. The number of carbonyl (C=O) groups is 1. The number of rotatable bonds is 1. The molecule has 2 heterocycles. The van der Waals surface area contributed by atoms with Crippen molar-refractivity contribution in [3.05, 3.63) is 40.8 Å². The lowest BCUT2D eigenvalue weighted by atomic mass is 9.89. The van der Waals surface area contributed by atoms with E-state index in [0.717, 1.165) is 5.69 Å². The van der Waals surface area contributed by atoms with Gasteiger partial charge in [0.2, 0.25) is 0 Å². The molecule has 1 aliphatic heterocycles. The van der Waals surface area contributed by atoms with E-state index >= 15 is 0 Å². The minimum atomic E-state index is -0.943. The Morgan fingerprint density at radius 2 is 2.21 bits per heavy atom. The van der Waals surface area contributed by atoms with E-state index in [4.69, 9.17) is 5.73 Å². The Kier molecular flexibility index (Phi) is 3.51. The minimum Gasteiger partial charge on any atom is -0.385 e. The van der Waals surface area contributed by atoms with Crippen LogP contribution in [-0.2, 0) is 12.8 Å². The SMILES string of the molecule is Nc1nn(C(=O)C2CCNc3ccc(F)cc32)c2c1C[C@@H](F)CC2. The quantitative estimate of drug-likeness (QED) is 0.842. The summed E-state index contributed by atoms with van der Waals surface area (Å²) in [4.78, 5) is 13.0. The molecule has 0 amide bonds. The van der Waals surface area contributed by atoms with Gasteiger partial charge in [0.15, 0.2) is 0 Å². The molecular weight excluding hydrogens is 314 g/mol. The van der Waals surface area contributed by atoms with Gasteiger partial charge in [-0.1, -0.05) is 0 Å². The summed E-state index contributed by atoms with van der Waals surface area (Å²) < 4.78 is 28.6. The van der Waals surface area contributed by atoms with Crippen molar-refractivity contribution < 1.29 is 13.6 Å². The molecule has 2 aliphatic rings. The first kappa shape index (κ1) is 15.1. The summed E-state index contributed by atoms with van der Waals surface area (Å²) >= 11 is 0. The molecular formula is C17H18F2N4O. The lowest BCUT2D eigenvalue weighted by Gasteiger charge is -2.26. The zero-order valence-corrected chi connectivity index (χ0v) is 13.1. The van der Waals surface area contributed by atoms with Crippen LogP contribution < -0.4 is 11.1 Å². The van der Waals surface area contributed by atoms with Crippen LogP contribution in [0.3, 0.4) is 0 Å². The van der Waals surface area contributed by atoms with Crippen molar-refractivity contribution in [3.8, 4) is 0 Å². The predicted octanol–water partition coefficient (Wildman–Crippen LogP) is 2.67. The molecule has 0 fully saturated rings. The standard InChI is InChI=1S/C17H18F2N4O/c18-9-1-3-14-12(7-9)11(5-6-21-14)17(24)23-15-4-2-10(19)8-13(15)16(20)22-23/h1,3,7,10-11,21H,2,4-6,8H2,(H2,20,22)/t10-,11?/m0/s1. The van der Waals surface area contributed by atoms with Crippen LogP contribution in [0.4, 0.5) is 20.3 Å². The minimum absolute atomic E-state index is 0.200. The maximum Gasteiger partial charge on any atom is 0.254 e. The van der Waals surface area contributed by atoms with Crippen LogP contribution in [0.15, 0.2) is 18.2 Å². The lowest BCUT2D eigenvalue weighted by Crippen LogP contribution is -2.29. The highest BCUT2D eigenvalue weighted by molar-refractivity contribution is 5.89. The molecule has 5 nitrogen and oxygen atoms in total. The molecule has 0 radical (unpaired) electrons. The number of nitrogens with zero attached hydrogens (tertiary/aromatic N) is 2. The van der Waals surface area contributed by atoms with Gasteiger partial charge in [-0.25, -0.2) is 13.5 Å². The van der Waals surface area contributed by atoms with Gasteiger partial charge in [0.05, 0.1) is 11.6 Å². The number of benzene rings is 1. The molecule has 4 rings (SSSR count). The van der Waals surface area contributed by atoms with E-state index in [-0.39, 0.29) is 24.0 Å². The number of anilines is 2. The smallest absolute Gasteiger partial charge is 0.254 e. The molecule has 3 N–H and O–H groups in total. The Balaban J connectivity index is 1.74. The first-order chi connectivity index (χ1) is 11.5. The number of hydrogen-bond acceptors (Lipinski definition) is 4. The molecule has 1 aromatic carbocycles. The second-order valence-electron chi connectivity index (χ2n) is 6.40. The maximum absolute atomic E-state index is 13.6. The lowest BCUT2D eigenvalue weighted by molar-refractivity contribution is 0.0851. The highest BCUT2D eigenvalue weighted by Crippen LogP contribution is 2.35. The van der Waals surface area contributed by atoms with Crippen molar-refractivity contribution in [2.75, 3.05) is 17.6 Å². The van der Waals surface area contributed by atoms with Crippen molar-refractivity contribution in [1.82, 2.24) is 9.78 Å². The van der Waals surface area contributed by atoms with E-state index in [1.165, 1.54) is 16.8 Å². The number of fused-ring (bicyclic) bond motifs is 2. The van der Waals surface area contributed by atoms with E-state index < -0.39 is 12.1 Å². The first-order valence-corrected chi connectivity index (χ1v) is 8.12. The molecule has 1 aliphatic carbocycles. The van der Waals surface area contributed by atoms with Crippen LogP contribution in [0.2, 0.25) is 0 Å². The van der Waals surface area contributed by atoms with Crippen LogP contribution in [-0.4, -0.2) is 28.4 Å². The highest BCUT2D eigenvalue weighted by atomic mass is 19.1. The Hall–Kier alpha value is -2.44. The average Bonchev–Trinajstić information content (AvgIpc) is 2.90. The monoisotopic (exact) mass is 332 g/mol. The first-order valence-electron chi connectivity index (χ1n) is 8.12. The molecule has 1 aromatic heterocycles. The fourth-order valence-corrected chi connectivity index (χ4v) is 3.68. The Bertz CT molecular complexity index is 817. The number of nitrogens with one attached hydrogen (secondary N) is 1. The third-order valence-corrected chi connectivity index (χ3v) is 4.89. The van der Waals surface area contributed by atoms with Gasteiger partial charge in [0.25, 0.3) is 5.91 Å². The molecule has 24 heavy (non-hydrogen) atoms. The van der Waals surface area contributed by atoms with Crippen LogP contribution >= 0.6 is 0 Å². The van der Waals surface area contributed by atoms with Crippen LogP contribution in [0.1, 0.15) is 40.4 Å². The Morgan fingerprint density at radius 3 is 3.04 bits per heavy atom. The van der Waals surface area contributed by atoms with E-state index in [2.05, 4.69) is 10.4 Å². The number of nitrogens with two attached hydrogens (primary N) is 1. The van der Waals surface area contributed by atoms with Crippen LogP contribution in [0.25, 0.3) is 0 Å². The zero-order chi connectivity index (χ0) is 16.8. The number of carbonyl (C=O) groups excluding carboxylic acids is 1. The summed E-state index contributed by atoms with van der Waals surface area (Å²) in [5, 5.41) is 7.34. The van der Waals surface area contributed by atoms with Crippen molar-refractivity contribution in [1.29, 1.82) is 0 Å². The van der Waals surface area contributed by atoms with Gasteiger partial charge in [0.1, 0.15) is 17.8 Å². The van der Waals surface area contributed by atoms with Gasteiger partial charge < -0.3 is 11.1 Å². The highest BCUT2D eigenvalue weighted by Gasteiger charge is 2.33. The molecule has 2 atom stereocenters. The third-order valence-electron chi connectivity index (χ3n) is 4.89. The third kappa shape index (κ3) is 2.35. The Morgan fingerprint density at radius 1 is 1.38 bits per heavy atom. The van der Waals surface area contributed by atoms with Crippen molar-refractivity contribution >= 4 is 17.4 Å². The second-order valence-corrected chi connectivity index (χ2v) is 6.40. The molecule has 0 bridgehead atoms. The summed E-state index contributed by atoms with van der Waals surface area (Å²) in [6.07, 6.45) is 0.610. The summed E-state index contributed by atoms with van der Waals surface area (Å²) in [6, 6.07) is 4.40. The van der Waals surface area contributed by atoms with Crippen molar-refractivity contribution in [2.45, 2.75) is 37.8 Å². The van der Waals surface area contributed by atoms with E-state index in [0.29, 0.717) is 42.6 Å². The predicted molar refractivity (Wildman–Crippen MR) is 86.4 cm³/mol. The van der Waals surface area contributed by atoms with Crippen LogP contribution in [0.5, 0.6) is 0 Å². The molecule has 0 saturated heterocycles. The van der Waals surface area contributed by atoms with E-state index in [1.807, 2.05) is 0 Å². The number of alkyl halides is 1. The van der Waals surface area contributed by atoms with E-state index in [9.17, 15) is 13.6 Å².